The zero-order valence-electron chi connectivity index (χ0n) is 18.1. The minimum absolute atomic E-state index is 0.279. The zero-order chi connectivity index (χ0) is 22.8. The minimum Gasteiger partial charge on any atom is -0.357 e. The summed E-state index contributed by atoms with van der Waals surface area (Å²) in [5.41, 5.74) is 8.64. The number of H-pyrrole nitrogens is 2. The van der Waals surface area contributed by atoms with Crippen molar-refractivity contribution in [3.63, 3.8) is 0 Å². The molecule has 5 nitrogen and oxygen atoms in total. The molecule has 1 aliphatic heterocycles. The molecule has 4 heterocycles. The van der Waals surface area contributed by atoms with Gasteiger partial charge in [0.15, 0.2) is 0 Å². The Kier molecular flexibility index (Phi) is 5.40. The van der Waals surface area contributed by atoms with E-state index in [0.717, 1.165) is 56.1 Å². The second-order valence-electron chi connectivity index (χ2n) is 7.75. The van der Waals surface area contributed by atoms with Crippen molar-refractivity contribution in [1.82, 2.24) is 20.2 Å². The van der Waals surface area contributed by atoms with Crippen LogP contribution in [0, 0.1) is 12.7 Å². The molecular formula is C27H22FN5. The van der Waals surface area contributed by atoms with Crippen molar-refractivity contribution in [2.45, 2.75) is 6.92 Å². The third-order valence-corrected chi connectivity index (χ3v) is 5.57. The van der Waals surface area contributed by atoms with Crippen molar-refractivity contribution in [1.29, 1.82) is 0 Å². The van der Waals surface area contributed by atoms with Gasteiger partial charge in [-0.05, 0) is 60.0 Å². The number of aromatic amines is 2. The molecule has 0 bridgehead atoms. The van der Waals surface area contributed by atoms with E-state index in [1.165, 1.54) is 12.1 Å². The van der Waals surface area contributed by atoms with Gasteiger partial charge >= 0.3 is 0 Å². The van der Waals surface area contributed by atoms with Gasteiger partial charge < -0.3 is 4.98 Å². The summed E-state index contributed by atoms with van der Waals surface area (Å²) in [5, 5.41) is 7.61. The van der Waals surface area contributed by atoms with Crippen LogP contribution in [-0.4, -0.2) is 32.9 Å². The van der Waals surface area contributed by atoms with Gasteiger partial charge in [0.2, 0.25) is 0 Å². The Bertz CT molecular complexity index is 1480. The molecule has 162 valence electrons. The Labute approximate surface area is 190 Å². The highest BCUT2D eigenvalue weighted by Gasteiger charge is 2.17. The molecule has 33 heavy (non-hydrogen) atoms. The fourth-order valence-corrected chi connectivity index (χ4v) is 4.01. The van der Waals surface area contributed by atoms with Crippen LogP contribution in [0.2, 0.25) is 0 Å². The van der Waals surface area contributed by atoms with Crippen LogP contribution in [-0.2, 0) is 0 Å². The van der Waals surface area contributed by atoms with E-state index in [1.54, 1.807) is 18.4 Å². The summed E-state index contributed by atoms with van der Waals surface area (Å²) in [5.74, 6) is -0.279. The Hall–Kier alpha value is -4.32. The van der Waals surface area contributed by atoms with Crippen LogP contribution in [0.1, 0.15) is 22.5 Å². The van der Waals surface area contributed by atoms with Gasteiger partial charge in [0.1, 0.15) is 17.0 Å². The van der Waals surface area contributed by atoms with E-state index >= 15 is 0 Å². The molecule has 5 rings (SSSR count). The van der Waals surface area contributed by atoms with Gasteiger partial charge in [-0.2, -0.15) is 5.10 Å². The Morgan fingerprint density at radius 2 is 2.09 bits per heavy atom. The van der Waals surface area contributed by atoms with Crippen LogP contribution in [0.3, 0.4) is 0 Å². The quantitative estimate of drug-likeness (QED) is 0.375. The topological polar surface area (TPSA) is 69.7 Å². The number of hydrogen-bond donors (Lipinski definition) is 2. The number of aliphatic imine (C=N–C) groups is 1. The van der Waals surface area contributed by atoms with Crippen LogP contribution >= 0.6 is 0 Å². The lowest BCUT2D eigenvalue weighted by Crippen LogP contribution is -1.89. The molecule has 0 saturated carbocycles. The van der Waals surface area contributed by atoms with E-state index in [2.05, 4.69) is 32.8 Å². The molecule has 0 atom stereocenters. The van der Waals surface area contributed by atoms with E-state index in [4.69, 9.17) is 4.98 Å². The molecule has 0 unspecified atom stereocenters. The number of fused-ring (bicyclic) bond motifs is 1. The molecule has 6 heteroatoms. The smallest absolute Gasteiger partial charge is 0.135 e. The Morgan fingerprint density at radius 1 is 1.18 bits per heavy atom. The first-order valence-electron chi connectivity index (χ1n) is 10.6. The maximum absolute atomic E-state index is 13.9. The highest BCUT2D eigenvalue weighted by atomic mass is 19.1. The average molecular weight is 436 g/mol. The molecular weight excluding hydrogens is 413 g/mol. The predicted molar refractivity (Wildman–Crippen MR) is 133 cm³/mol. The lowest BCUT2D eigenvalue weighted by atomic mass is 9.97. The van der Waals surface area contributed by atoms with Crippen molar-refractivity contribution in [2.24, 2.45) is 4.99 Å². The number of nitrogens with zero attached hydrogens (tertiary/aromatic N) is 3. The SMILES string of the molecule is C=C/C=C(/c1cccc(F)c1)c1cc(-c2n[nH]c3ccc(C4=CCN=CC=C4)nc23)[nH]c1C. The van der Waals surface area contributed by atoms with Gasteiger partial charge in [0.05, 0.1) is 23.4 Å². The number of nitrogens with one attached hydrogen (secondary N) is 2. The Balaban J connectivity index is 1.59. The van der Waals surface area contributed by atoms with Crippen molar-refractivity contribution in [2.75, 3.05) is 6.54 Å². The molecule has 0 radical (unpaired) electrons. The summed E-state index contributed by atoms with van der Waals surface area (Å²) < 4.78 is 13.9. The third-order valence-electron chi connectivity index (χ3n) is 5.57. The molecule has 0 saturated heterocycles. The number of pyridine rings is 1. The Morgan fingerprint density at radius 3 is 2.94 bits per heavy atom. The number of halogens is 1. The maximum atomic E-state index is 13.9. The van der Waals surface area contributed by atoms with Crippen LogP contribution < -0.4 is 0 Å². The monoisotopic (exact) mass is 435 g/mol. The number of allylic oxidation sites excluding steroid dienone is 5. The van der Waals surface area contributed by atoms with Gasteiger partial charge in [-0.25, -0.2) is 9.37 Å². The van der Waals surface area contributed by atoms with E-state index in [-0.39, 0.29) is 5.82 Å². The number of aryl methyl sites for hydroxylation is 1. The molecule has 4 aromatic rings. The second kappa shape index (κ2) is 8.67. The average Bonchev–Trinajstić information content (AvgIpc) is 3.29. The molecule has 0 amide bonds. The number of benzene rings is 1. The van der Waals surface area contributed by atoms with Crippen LogP contribution in [0.4, 0.5) is 4.39 Å². The summed E-state index contributed by atoms with van der Waals surface area (Å²) >= 11 is 0. The fourth-order valence-electron chi connectivity index (χ4n) is 4.01. The van der Waals surface area contributed by atoms with Crippen LogP contribution in [0.5, 0.6) is 0 Å². The lowest BCUT2D eigenvalue weighted by Gasteiger charge is -2.07. The van der Waals surface area contributed by atoms with Crippen LogP contribution in [0.25, 0.3) is 33.6 Å². The van der Waals surface area contributed by atoms with Gasteiger partial charge in [-0.3, -0.25) is 10.1 Å². The standard InChI is InChI=1S/C27H22FN5/c1-3-6-21(19-7-4-9-20(28)15-19)22-16-25(30-17(22)2)27-26-24(32-33-27)11-10-23(31-26)18-8-5-13-29-14-12-18/h3-13,15-16,30H,1,14H2,2H3,(H,32,33)/b21-6-. The van der Waals surface area contributed by atoms with E-state index in [9.17, 15) is 4.39 Å². The summed E-state index contributed by atoms with van der Waals surface area (Å²) in [6.45, 7) is 6.45. The van der Waals surface area contributed by atoms with Crippen molar-refractivity contribution in [3.8, 4) is 11.4 Å². The molecule has 2 N–H and O–H groups in total. The number of hydrogen-bond acceptors (Lipinski definition) is 3. The molecule has 1 aliphatic rings. The van der Waals surface area contributed by atoms with Crippen molar-refractivity contribution in [3.05, 3.63) is 108 Å². The molecule has 1 aromatic carbocycles. The third kappa shape index (κ3) is 3.99. The fraction of sp³-hybridized carbons (Fsp3) is 0.0741. The van der Waals surface area contributed by atoms with E-state index in [1.807, 2.05) is 49.4 Å². The number of aromatic nitrogens is 4. The summed E-state index contributed by atoms with van der Waals surface area (Å²) in [6, 6.07) is 12.6. The van der Waals surface area contributed by atoms with Gasteiger partial charge in [-0.1, -0.05) is 43.0 Å². The highest BCUT2D eigenvalue weighted by molar-refractivity contribution is 5.92. The second-order valence-corrected chi connectivity index (χ2v) is 7.75. The summed E-state index contributed by atoms with van der Waals surface area (Å²) in [4.78, 5) is 12.6. The maximum Gasteiger partial charge on any atom is 0.135 e. The molecule has 3 aromatic heterocycles. The van der Waals surface area contributed by atoms with Crippen molar-refractivity contribution >= 4 is 28.4 Å². The largest absolute Gasteiger partial charge is 0.357 e. The van der Waals surface area contributed by atoms with Gasteiger partial charge in [0, 0.05) is 17.5 Å². The van der Waals surface area contributed by atoms with Gasteiger partial charge in [-0.15, -0.1) is 0 Å². The summed E-state index contributed by atoms with van der Waals surface area (Å²) in [7, 11) is 0. The van der Waals surface area contributed by atoms with E-state index in [0.29, 0.717) is 6.54 Å². The first-order valence-corrected chi connectivity index (χ1v) is 10.6. The molecule has 0 fully saturated rings. The van der Waals surface area contributed by atoms with E-state index < -0.39 is 0 Å². The zero-order valence-corrected chi connectivity index (χ0v) is 18.1. The van der Waals surface area contributed by atoms with Gasteiger partial charge in [0.25, 0.3) is 0 Å². The highest BCUT2D eigenvalue weighted by Crippen LogP contribution is 2.33. The predicted octanol–water partition coefficient (Wildman–Crippen LogP) is 6.04. The lowest BCUT2D eigenvalue weighted by molar-refractivity contribution is 0.627. The first kappa shape index (κ1) is 20.6. The summed E-state index contributed by atoms with van der Waals surface area (Å²) in [6.07, 6.45) is 11.4. The van der Waals surface area contributed by atoms with Crippen molar-refractivity contribution < 1.29 is 4.39 Å². The number of rotatable bonds is 5. The van der Waals surface area contributed by atoms with Crippen LogP contribution in [0.15, 0.2) is 84.4 Å². The molecule has 0 aliphatic carbocycles. The minimum atomic E-state index is -0.279. The normalized spacial score (nSPS) is 13.9. The first-order chi connectivity index (χ1) is 16.1. The molecule has 0 spiro atoms.